The van der Waals surface area contributed by atoms with Crippen LogP contribution in [0.2, 0.25) is 0 Å². The predicted octanol–water partition coefficient (Wildman–Crippen LogP) is 1.87. The molecule has 1 radical (unpaired) electrons. The molecule has 1 aromatic rings. The third kappa shape index (κ3) is 2.58. The standard InChI is InChI=1S/C11H14NO/c1-9(13)12-11(2,3)10-7-5-4-6-8-10/h4-8H,1H2,2-3H3,(H,12,13). The summed E-state index contributed by atoms with van der Waals surface area (Å²) in [6, 6.07) is 9.82. The molecule has 0 heterocycles. The van der Waals surface area contributed by atoms with Gasteiger partial charge < -0.3 is 5.32 Å². The minimum absolute atomic E-state index is 0.256. The number of benzene rings is 1. The zero-order valence-electron chi connectivity index (χ0n) is 8.00. The number of hydrogen-bond donors (Lipinski definition) is 1. The lowest BCUT2D eigenvalue weighted by molar-refractivity contribution is -0.118. The van der Waals surface area contributed by atoms with E-state index in [9.17, 15) is 4.79 Å². The Balaban J connectivity index is 2.87. The third-order valence-corrected chi connectivity index (χ3v) is 1.95. The van der Waals surface area contributed by atoms with Crippen molar-refractivity contribution >= 4 is 5.91 Å². The molecule has 0 aliphatic rings. The molecule has 0 fully saturated rings. The summed E-state index contributed by atoms with van der Waals surface area (Å²) in [4.78, 5) is 10.8. The number of carbonyl (C=O) groups excluding carboxylic acids is 1. The summed E-state index contributed by atoms with van der Waals surface area (Å²) in [6.45, 7) is 7.20. The van der Waals surface area contributed by atoms with Crippen LogP contribution in [0.15, 0.2) is 30.3 Å². The van der Waals surface area contributed by atoms with E-state index in [0.717, 1.165) is 5.56 Å². The summed E-state index contributed by atoms with van der Waals surface area (Å²) in [5.74, 6) is -0.256. The lowest BCUT2D eigenvalue weighted by atomic mass is 9.94. The molecular weight excluding hydrogens is 162 g/mol. The van der Waals surface area contributed by atoms with Crippen LogP contribution in [-0.2, 0) is 10.3 Å². The van der Waals surface area contributed by atoms with E-state index in [1.807, 2.05) is 44.2 Å². The van der Waals surface area contributed by atoms with Crippen molar-refractivity contribution in [3.63, 3.8) is 0 Å². The van der Waals surface area contributed by atoms with E-state index in [2.05, 4.69) is 12.2 Å². The molecule has 69 valence electrons. The second kappa shape index (κ2) is 3.60. The van der Waals surface area contributed by atoms with Gasteiger partial charge in [-0.2, -0.15) is 0 Å². The van der Waals surface area contributed by atoms with Crippen LogP contribution in [0.1, 0.15) is 19.4 Å². The molecule has 13 heavy (non-hydrogen) atoms. The number of amides is 1. The number of rotatable bonds is 2. The quantitative estimate of drug-likeness (QED) is 0.732. The predicted molar refractivity (Wildman–Crippen MR) is 53.0 cm³/mol. The Morgan fingerprint density at radius 3 is 2.31 bits per heavy atom. The summed E-state index contributed by atoms with van der Waals surface area (Å²) in [5.41, 5.74) is 0.729. The van der Waals surface area contributed by atoms with Crippen molar-refractivity contribution in [3.05, 3.63) is 42.8 Å². The van der Waals surface area contributed by atoms with E-state index in [4.69, 9.17) is 0 Å². The Morgan fingerprint density at radius 1 is 1.31 bits per heavy atom. The fraction of sp³-hybridized carbons (Fsp3) is 0.273. The lowest BCUT2D eigenvalue weighted by Gasteiger charge is -2.25. The van der Waals surface area contributed by atoms with E-state index >= 15 is 0 Å². The highest BCUT2D eigenvalue weighted by Gasteiger charge is 2.20. The maximum atomic E-state index is 10.8. The first kappa shape index (κ1) is 9.78. The molecule has 1 N–H and O–H groups in total. The molecule has 1 aromatic carbocycles. The van der Waals surface area contributed by atoms with Gasteiger partial charge >= 0.3 is 0 Å². The second-order valence-electron chi connectivity index (χ2n) is 3.54. The summed E-state index contributed by atoms with van der Waals surface area (Å²) < 4.78 is 0. The van der Waals surface area contributed by atoms with Gasteiger partial charge in [0.25, 0.3) is 0 Å². The molecule has 2 heteroatoms. The molecule has 0 aliphatic heterocycles. The minimum Gasteiger partial charge on any atom is -0.347 e. The second-order valence-corrected chi connectivity index (χ2v) is 3.54. The Bertz CT molecular complexity index is 290. The molecule has 1 amide bonds. The molecule has 0 aliphatic carbocycles. The summed E-state index contributed by atoms with van der Waals surface area (Å²) in [6.07, 6.45) is 0. The fourth-order valence-corrected chi connectivity index (χ4v) is 1.28. The van der Waals surface area contributed by atoms with E-state index in [0.29, 0.717) is 0 Å². The lowest BCUT2D eigenvalue weighted by Crippen LogP contribution is -2.39. The first-order valence-corrected chi connectivity index (χ1v) is 4.22. The van der Waals surface area contributed by atoms with Gasteiger partial charge in [0.2, 0.25) is 5.91 Å². The van der Waals surface area contributed by atoms with Crippen LogP contribution in [0, 0.1) is 6.92 Å². The van der Waals surface area contributed by atoms with E-state index in [1.54, 1.807) is 0 Å². The van der Waals surface area contributed by atoms with Crippen LogP contribution in [0.4, 0.5) is 0 Å². The monoisotopic (exact) mass is 176 g/mol. The number of hydrogen-bond acceptors (Lipinski definition) is 1. The summed E-state index contributed by atoms with van der Waals surface area (Å²) in [5, 5.41) is 2.79. The molecule has 2 nitrogen and oxygen atoms in total. The number of nitrogens with one attached hydrogen (secondary N) is 1. The molecule has 0 atom stereocenters. The van der Waals surface area contributed by atoms with Gasteiger partial charge in [-0.1, -0.05) is 30.3 Å². The molecule has 0 aromatic heterocycles. The third-order valence-electron chi connectivity index (χ3n) is 1.95. The van der Waals surface area contributed by atoms with Crippen LogP contribution in [0.5, 0.6) is 0 Å². The van der Waals surface area contributed by atoms with Crippen molar-refractivity contribution in [2.75, 3.05) is 0 Å². The summed E-state index contributed by atoms with van der Waals surface area (Å²) >= 11 is 0. The molecule has 0 spiro atoms. The van der Waals surface area contributed by atoms with Gasteiger partial charge in [-0.25, -0.2) is 0 Å². The van der Waals surface area contributed by atoms with Crippen LogP contribution >= 0.6 is 0 Å². The van der Waals surface area contributed by atoms with Crippen molar-refractivity contribution in [2.45, 2.75) is 19.4 Å². The van der Waals surface area contributed by atoms with Crippen molar-refractivity contribution < 1.29 is 4.79 Å². The van der Waals surface area contributed by atoms with Gasteiger partial charge in [0, 0.05) is 6.92 Å². The van der Waals surface area contributed by atoms with Gasteiger partial charge in [0.1, 0.15) is 0 Å². The summed E-state index contributed by atoms with van der Waals surface area (Å²) in [7, 11) is 0. The van der Waals surface area contributed by atoms with Gasteiger partial charge in [-0.05, 0) is 19.4 Å². The van der Waals surface area contributed by atoms with Gasteiger partial charge in [0.15, 0.2) is 0 Å². The van der Waals surface area contributed by atoms with Crippen LogP contribution in [0.3, 0.4) is 0 Å². The van der Waals surface area contributed by atoms with Gasteiger partial charge in [0.05, 0.1) is 5.54 Å². The topological polar surface area (TPSA) is 29.1 Å². The fourth-order valence-electron chi connectivity index (χ4n) is 1.28. The SMILES string of the molecule is [CH2]C(=O)NC(C)(C)c1ccccc1. The average molecular weight is 176 g/mol. The van der Waals surface area contributed by atoms with Gasteiger partial charge in [-0.15, -0.1) is 0 Å². The normalized spacial score (nSPS) is 11.0. The molecule has 0 saturated heterocycles. The van der Waals surface area contributed by atoms with Crippen LogP contribution in [-0.4, -0.2) is 5.91 Å². The molecule has 1 rings (SSSR count). The maximum Gasteiger partial charge on any atom is 0.221 e. The highest BCUT2D eigenvalue weighted by atomic mass is 16.1. The zero-order chi connectivity index (χ0) is 9.90. The molecule has 0 unspecified atom stereocenters. The Morgan fingerprint density at radius 2 is 1.85 bits per heavy atom. The smallest absolute Gasteiger partial charge is 0.221 e. The first-order chi connectivity index (χ1) is 6.02. The first-order valence-electron chi connectivity index (χ1n) is 4.22. The van der Waals surface area contributed by atoms with Crippen LogP contribution in [0.25, 0.3) is 0 Å². The van der Waals surface area contributed by atoms with Gasteiger partial charge in [-0.3, -0.25) is 4.79 Å². The average Bonchev–Trinajstić information content (AvgIpc) is 2.04. The minimum atomic E-state index is -0.347. The van der Waals surface area contributed by atoms with E-state index in [-0.39, 0.29) is 11.4 Å². The molecule has 0 bridgehead atoms. The van der Waals surface area contributed by atoms with Crippen molar-refractivity contribution in [2.24, 2.45) is 0 Å². The van der Waals surface area contributed by atoms with Crippen molar-refractivity contribution in [3.8, 4) is 0 Å². The highest BCUT2D eigenvalue weighted by Crippen LogP contribution is 2.18. The van der Waals surface area contributed by atoms with Crippen molar-refractivity contribution in [1.82, 2.24) is 5.32 Å². The Labute approximate surface area is 79.0 Å². The Hall–Kier alpha value is -1.31. The van der Waals surface area contributed by atoms with Crippen molar-refractivity contribution in [1.29, 1.82) is 0 Å². The number of carbonyl (C=O) groups is 1. The maximum absolute atomic E-state index is 10.8. The van der Waals surface area contributed by atoms with E-state index in [1.165, 1.54) is 0 Å². The zero-order valence-corrected chi connectivity index (χ0v) is 8.00. The Kier molecular flexibility index (Phi) is 2.71. The van der Waals surface area contributed by atoms with E-state index < -0.39 is 0 Å². The molecule has 0 saturated carbocycles. The molecular formula is C11H14NO. The highest BCUT2D eigenvalue weighted by molar-refractivity contribution is 5.80. The van der Waals surface area contributed by atoms with Crippen LogP contribution < -0.4 is 5.32 Å². The largest absolute Gasteiger partial charge is 0.347 e.